The van der Waals surface area contributed by atoms with Gasteiger partial charge in [0.1, 0.15) is 0 Å². The van der Waals surface area contributed by atoms with E-state index in [0.29, 0.717) is 32.6 Å². The van der Waals surface area contributed by atoms with Crippen LogP contribution < -0.4 is 0 Å². The van der Waals surface area contributed by atoms with Gasteiger partial charge in [-0.1, -0.05) is 91.4 Å². The molecule has 0 aliphatic heterocycles. The smallest absolute Gasteiger partial charge is 0.317 e. The highest BCUT2D eigenvalue weighted by molar-refractivity contribution is 5.92. The molecule has 0 rings (SSSR count). The van der Waals surface area contributed by atoms with Crippen LogP contribution in [0.2, 0.25) is 0 Å². The Hall–Kier alpha value is -1.30. The standard InChI is InChI=1S/C14H26O4.2C8H19NO2/c1-2-3-4-5-6-7-8-9-10-11-12(13(15)16)14(17)18;2*1-2-3-4-9(5-7-10)6-8-11/h12H,2-11H2,1H3,(H,15,16)(H,17,18);2*10-11H,2-8H2,1H3. The zero-order valence-electron chi connectivity index (χ0n) is 25.9. The quantitative estimate of drug-likeness (QED) is 0.0655. The second kappa shape index (κ2) is 35.7. The van der Waals surface area contributed by atoms with Crippen LogP contribution in [-0.2, 0) is 9.59 Å². The lowest BCUT2D eigenvalue weighted by atomic mass is 10.00. The molecule has 0 saturated heterocycles. The summed E-state index contributed by atoms with van der Waals surface area (Å²) in [5, 5.41) is 51.9. The first-order valence-electron chi connectivity index (χ1n) is 15.6. The maximum atomic E-state index is 10.6. The highest BCUT2D eigenvalue weighted by Gasteiger charge is 2.24. The number of nitrogens with zero attached hydrogens (tertiary/aromatic N) is 2. The minimum absolute atomic E-state index is 0.184. The lowest BCUT2D eigenvalue weighted by Gasteiger charge is -2.19. The lowest BCUT2D eigenvalue weighted by Crippen LogP contribution is -2.30. The number of hydrogen-bond acceptors (Lipinski definition) is 8. The summed E-state index contributed by atoms with van der Waals surface area (Å²) in [7, 11) is 0. The molecule has 0 aromatic rings. The van der Waals surface area contributed by atoms with E-state index in [9.17, 15) is 9.59 Å². The summed E-state index contributed by atoms with van der Waals surface area (Å²) < 4.78 is 0. The van der Waals surface area contributed by atoms with Crippen molar-refractivity contribution in [1.29, 1.82) is 0 Å². The number of carbonyl (C=O) groups is 2. The summed E-state index contributed by atoms with van der Waals surface area (Å²) in [4.78, 5) is 25.4. The van der Waals surface area contributed by atoms with Crippen molar-refractivity contribution in [3.05, 3.63) is 0 Å². The predicted molar refractivity (Wildman–Crippen MR) is 162 cm³/mol. The van der Waals surface area contributed by atoms with E-state index in [1.165, 1.54) is 38.5 Å². The van der Waals surface area contributed by atoms with Crippen LogP contribution >= 0.6 is 0 Å². The zero-order valence-corrected chi connectivity index (χ0v) is 25.9. The van der Waals surface area contributed by atoms with E-state index in [1.54, 1.807) is 0 Å². The van der Waals surface area contributed by atoms with Gasteiger partial charge in [0, 0.05) is 26.2 Å². The number of aliphatic hydroxyl groups excluding tert-OH is 4. The van der Waals surface area contributed by atoms with E-state index in [2.05, 4.69) is 30.6 Å². The fourth-order valence-electron chi connectivity index (χ4n) is 4.01. The van der Waals surface area contributed by atoms with Crippen molar-refractivity contribution in [2.45, 2.75) is 111 Å². The van der Waals surface area contributed by atoms with Crippen molar-refractivity contribution < 1.29 is 40.2 Å². The number of rotatable bonds is 26. The van der Waals surface area contributed by atoms with Crippen molar-refractivity contribution in [3.8, 4) is 0 Å². The number of aliphatic hydroxyl groups is 4. The minimum Gasteiger partial charge on any atom is -0.481 e. The van der Waals surface area contributed by atoms with E-state index in [1.807, 2.05) is 0 Å². The molecule has 0 atom stereocenters. The highest BCUT2D eigenvalue weighted by atomic mass is 16.4. The van der Waals surface area contributed by atoms with Crippen LogP contribution in [-0.4, -0.2) is 118 Å². The Morgan fingerprint density at radius 2 is 0.775 bits per heavy atom. The van der Waals surface area contributed by atoms with Gasteiger partial charge >= 0.3 is 11.9 Å². The lowest BCUT2D eigenvalue weighted by molar-refractivity contribution is -0.154. The van der Waals surface area contributed by atoms with Gasteiger partial charge in [0.25, 0.3) is 0 Å². The van der Waals surface area contributed by atoms with Crippen LogP contribution in [0.3, 0.4) is 0 Å². The number of unbranched alkanes of at least 4 members (excludes halogenated alkanes) is 10. The molecule has 0 heterocycles. The van der Waals surface area contributed by atoms with Crippen LogP contribution in [0.1, 0.15) is 111 Å². The Labute approximate surface area is 244 Å². The number of carboxylic acid groups (broad SMARTS) is 2. The van der Waals surface area contributed by atoms with Gasteiger partial charge in [-0.05, 0) is 32.4 Å². The second-order valence-corrected chi connectivity index (χ2v) is 10.1. The molecule has 0 aromatic heterocycles. The maximum absolute atomic E-state index is 10.6. The Bertz CT molecular complexity index is 480. The van der Waals surface area contributed by atoms with Crippen molar-refractivity contribution in [3.63, 3.8) is 0 Å². The van der Waals surface area contributed by atoms with E-state index in [4.69, 9.17) is 30.6 Å². The topological polar surface area (TPSA) is 162 Å². The Balaban J connectivity index is -0.000000541. The summed E-state index contributed by atoms with van der Waals surface area (Å²) in [6.07, 6.45) is 15.1. The normalized spacial score (nSPS) is 10.8. The maximum Gasteiger partial charge on any atom is 0.317 e. The van der Waals surface area contributed by atoms with Crippen LogP contribution in [0, 0.1) is 5.92 Å². The molecule has 40 heavy (non-hydrogen) atoms. The van der Waals surface area contributed by atoms with E-state index < -0.39 is 17.9 Å². The van der Waals surface area contributed by atoms with Crippen molar-refractivity contribution in [2.24, 2.45) is 5.92 Å². The van der Waals surface area contributed by atoms with Gasteiger partial charge in [0.15, 0.2) is 5.92 Å². The predicted octanol–water partition coefficient (Wildman–Crippen LogP) is 3.84. The molecule has 0 amide bonds. The molecule has 0 spiro atoms. The summed E-state index contributed by atoms with van der Waals surface area (Å²) in [6.45, 7) is 11.9. The van der Waals surface area contributed by atoms with Gasteiger partial charge < -0.3 is 30.6 Å². The molecule has 0 saturated carbocycles. The average Bonchev–Trinajstić information content (AvgIpc) is 2.92. The highest BCUT2D eigenvalue weighted by Crippen LogP contribution is 2.14. The molecule has 0 aromatic carbocycles. The second-order valence-electron chi connectivity index (χ2n) is 10.1. The molecule has 0 aliphatic carbocycles. The largest absolute Gasteiger partial charge is 0.481 e. The van der Waals surface area contributed by atoms with Gasteiger partial charge in [-0.2, -0.15) is 0 Å². The van der Waals surface area contributed by atoms with Gasteiger partial charge in [0.05, 0.1) is 26.4 Å². The number of aliphatic carboxylic acids is 2. The molecule has 0 fully saturated rings. The summed E-state index contributed by atoms with van der Waals surface area (Å²) in [5.74, 6) is -3.67. The molecule has 10 nitrogen and oxygen atoms in total. The third-order valence-electron chi connectivity index (χ3n) is 6.51. The van der Waals surface area contributed by atoms with Gasteiger partial charge in [-0.15, -0.1) is 0 Å². The molecule has 6 N–H and O–H groups in total. The molecule has 0 aliphatic rings. The van der Waals surface area contributed by atoms with Crippen LogP contribution in [0.15, 0.2) is 0 Å². The van der Waals surface area contributed by atoms with Gasteiger partial charge in [-0.3, -0.25) is 19.4 Å². The third kappa shape index (κ3) is 32.9. The van der Waals surface area contributed by atoms with E-state index >= 15 is 0 Å². The molecule has 242 valence electrons. The number of hydrogen-bond donors (Lipinski definition) is 6. The summed E-state index contributed by atoms with van der Waals surface area (Å²) in [6, 6.07) is 0. The number of carboxylic acids is 2. The Morgan fingerprint density at radius 1 is 0.475 bits per heavy atom. The molecule has 0 radical (unpaired) electrons. The van der Waals surface area contributed by atoms with Crippen molar-refractivity contribution >= 4 is 11.9 Å². The fourth-order valence-corrected chi connectivity index (χ4v) is 4.01. The van der Waals surface area contributed by atoms with Crippen LogP contribution in [0.5, 0.6) is 0 Å². The third-order valence-corrected chi connectivity index (χ3v) is 6.51. The van der Waals surface area contributed by atoms with Crippen molar-refractivity contribution in [2.75, 3.05) is 65.7 Å². The average molecular weight is 581 g/mol. The van der Waals surface area contributed by atoms with E-state index in [-0.39, 0.29) is 32.8 Å². The first-order chi connectivity index (χ1) is 19.3. The molecule has 10 heteroatoms. The molecular formula is C30H64N2O8. The van der Waals surface area contributed by atoms with Crippen LogP contribution in [0.4, 0.5) is 0 Å². The SMILES string of the molecule is CCCCCCCCCCCC(C(=O)O)C(=O)O.CCCCN(CCO)CCO.CCCCN(CCO)CCO. The Morgan fingerprint density at radius 3 is 1.05 bits per heavy atom. The molecule has 0 bridgehead atoms. The first kappa shape index (κ1) is 43.2. The summed E-state index contributed by atoms with van der Waals surface area (Å²) >= 11 is 0. The molecular weight excluding hydrogens is 516 g/mol. The Kier molecular flexibility index (Phi) is 38.5. The summed E-state index contributed by atoms with van der Waals surface area (Å²) in [5.41, 5.74) is 0. The van der Waals surface area contributed by atoms with E-state index in [0.717, 1.165) is 51.6 Å². The minimum atomic E-state index is -1.23. The monoisotopic (exact) mass is 580 g/mol. The van der Waals surface area contributed by atoms with Gasteiger partial charge in [-0.25, -0.2) is 0 Å². The van der Waals surface area contributed by atoms with Crippen LogP contribution in [0.25, 0.3) is 0 Å². The first-order valence-corrected chi connectivity index (χ1v) is 15.6. The fraction of sp³-hybridized carbons (Fsp3) is 0.933. The molecule has 0 unspecified atom stereocenters. The zero-order chi connectivity index (χ0) is 30.9. The van der Waals surface area contributed by atoms with Crippen molar-refractivity contribution in [1.82, 2.24) is 9.80 Å². The van der Waals surface area contributed by atoms with Gasteiger partial charge in [0.2, 0.25) is 0 Å².